The summed E-state index contributed by atoms with van der Waals surface area (Å²) >= 11 is 0. The fraction of sp³-hybridized carbons (Fsp3) is 0.235. The Morgan fingerprint density at radius 3 is 2.42 bits per heavy atom. The smallest absolute Gasteiger partial charge is 0.271 e. The minimum absolute atomic E-state index is 0.111. The predicted molar refractivity (Wildman–Crippen MR) is 96.1 cm³/mol. The molecule has 9 heteroatoms. The molecule has 2 rings (SSSR count). The molecule has 1 N–H and O–H groups in total. The molecule has 2 aromatic carbocycles. The molecule has 0 aliphatic rings. The first-order valence-electron chi connectivity index (χ1n) is 7.64. The third kappa shape index (κ3) is 4.79. The number of ether oxygens (including phenoxy) is 1. The first-order valence-corrected chi connectivity index (χ1v) is 9.30. The number of rotatable bonds is 7. The van der Waals surface area contributed by atoms with E-state index in [2.05, 4.69) is 5.32 Å². The molecule has 0 saturated carbocycles. The van der Waals surface area contributed by atoms with Crippen LogP contribution in [0, 0.1) is 17.0 Å². The number of nitro benzene ring substituents is 1. The second kappa shape index (κ2) is 7.96. The van der Waals surface area contributed by atoms with Crippen molar-refractivity contribution < 1.29 is 22.9 Å². The van der Waals surface area contributed by atoms with Gasteiger partial charge in [0, 0.05) is 18.6 Å². The summed E-state index contributed by atoms with van der Waals surface area (Å²) in [5, 5.41) is 13.3. The van der Waals surface area contributed by atoms with Crippen molar-refractivity contribution in [2.24, 2.45) is 0 Å². The van der Waals surface area contributed by atoms with Gasteiger partial charge in [0.15, 0.2) is 9.84 Å². The molecule has 0 bridgehead atoms. The quantitative estimate of drug-likeness (QED) is 0.585. The largest absolute Gasteiger partial charge is 0.495 e. The molecule has 0 spiro atoms. The Balaban J connectivity index is 2.08. The zero-order valence-corrected chi connectivity index (χ0v) is 15.1. The number of nitrogens with zero attached hydrogens (tertiary/aromatic N) is 1. The van der Waals surface area contributed by atoms with E-state index in [4.69, 9.17) is 4.74 Å². The van der Waals surface area contributed by atoms with Crippen LogP contribution < -0.4 is 10.1 Å². The van der Waals surface area contributed by atoms with E-state index in [9.17, 15) is 23.3 Å². The fourth-order valence-electron chi connectivity index (χ4n) is 2.21. The normalized spacial score (nSPS) is 11.0. The maximum absolute atomic E-state index is 12.3. The summed E-state index contributed by atoms with van der Waals surface area (Å²) in [6.45, 7) is 1.84. The number of sulfone groups is 1. The molecule has 0 radical (unpaired) electrons. The lowest BCUT2D eigenvalue weighted by Crippen LogP contribution is -2.18. The molecule has 0 aliphatic heterocycles. The summed E-state index contributed by atoms with van der Waals surface area (Å²) < 4.78 is 29.6. The van der Waals surface area contributed by atoms with Crippen molar-refractivity contribution >= 4 is 27.1 Å². The Morgan fingerprint density at radius 2 is 1.85 bits per heavy atom. The number of carbonyl (C=O) groups is 1. The van der Waals surface area contributed by atoms with Crippen LogP contribution in [-0.4, -0.2) is 32.1 Å². The van der Waals surface area contributed by atoms with E-state index in [0.717, 1.165) is 11.6 Å². The maximum atomic E-state index is 12.3. The molecule has 0 saturated heterocycles. The van der Waals surface area contributed by atoms with Gasteiger partial charge in [-0.1, -0.05) is 17.7 Å². The second-order valence-electron chi connectivity index (χ2n) is 5.57. The molecule has 0 fully saturated rings. The summed E-state index contributed by atoms with van der Waals surface area (Å²) in [7, 11) is -2.24. The van der Waals surface area contributed by atoms with Gasteiger partial charge in [0.25, 0.3) is 5.69 Å². The summed E-state index contributed by atoms with van der Waals surface area (Å²) in [4.78, 5) is 22.5. The molecule has 0 aromatic heterocycles. The Morgan fingerprint density at radius 1 is 1.19 bits per heavy atom. The number of aryl methyl sites for hydroxylation is 1. The molecule has 1 amide bonds. The molecular formula is C17H18N2O6S. The Hall–Kier alpha value is -2.94. The predicted octanol–water partition coefficient (Wildman–Crippen LogP) is 2.71. The van der Waals surface area contributed by atoms with Crippen LogP contribution in [0.1, 0.15) is 12.0 Å². The van der Waals surface area contributed by atoms with Crippen molar-refractivity contribution in [3.05, 3.63) is 58.1 Å². The molecule has 0 unspecified atom stereocenters. The van der Waals surface area contributed by atoms with Crippen molar-refractivity contribution in [1.82, 2.24) is 0 Å². The second-order valence-corrected chi connectivity index (χ2v) is 7.68. The highest BCUT2D eigenvalue weighted by atomic mass is 32.2. The van der Waals surface area contributed by atoms with Crippen LogP contribution in [0.4, 0.5) is 11.4 Å². The number of non-ortho nitro benzene ring substituents is 1. The van der Waals surface area contributed by atoms with E-state index >= 15 is 0 Å². The molecule has 8 nitrogen and oxygen atoms in total. The molecule has 138 valence electrons. The van der Waals surface area contributed by atoms with Crippen molar-refractivity contribution in [1.29, 1.82) is 0 Å². The van der Waals surface area contributed by atoms with E-state index in [-0.39, 0.29) is 34.2 Å². The number of anilines is 1. The monoisotopic (exact) mass is 378 g/mol. The van der Waals surface area contributed by atoms with Gasteiger partial charge in [-0.05, 0) is 25.1 Å². The van der Waals surface area contributed by atoms with Gasteiger partial charge in [0.05, 0.1) is 28.4 Å². The lowest BCUT2D eigenvalue weighted by molar-refractivity contribution is -0.384. The third-order valence-corrected chi connectivity index (χ3v) is 5.38. The summed E-state index contributed by atoms with van der Waals surface area (Å²) in [6, 6.07) is 10.1. The number of methoxy groups -OCH3 is 1. The number of nitrogens with one attached hydrogen (secondary N) is 1. The van der Waals surface area contributed by atoms with E-state index in [1.165, 1.54) is 31.4 Å². The summed E-state index contributed by atoms with van der Waals surface area (Å²) in [5.41, 5.74) is 0.826. The molecule has 0 heterocycles. The zero-order chi connectivity index (χ0) is 19.3. The molecular weight excluding hydrogens is 360 g/mol. The van der Waals surface area contributed by atoms with Crippen LogP contribution in [-0.2, 0) is 14.6 Å². The molecule has 0 atom stereocenters. The average molecular weight is 378 g/mol. The highest BCUT2D eigenvalue weighted by Crippen LogP contribution is 2.29. The van der Waals surface area contributed by atoms with Gasteiger partial charge >= 0.3 is 0 Å². The Labute approximate surface area is 150 Å². The standard InChI is InChI=1S/C17H18N2O6S/c1-12-3-6-14(7-4-12)26(23,24)10-9-17(20)18-15-11-13(19(21)22)5-8-16(15)25-2/h3-8,11H,9-10H2,1-2H3,(H,18,20). The molecule has 2 aromatic rings. The maximum Gasteiger partial charge on any atom is 0.271 e. The highest BCUT2D eigenvalue weighted by Gasteiger charge is 2.18. The van der Waals surface area contributed by atoms with Crippen molar-refractivity contribution in [2.75, 3.05) is 18.2 Å². The Kier molecular flexibility index (Phi) is 5.93. The van der Waals surface area contributed by atoms with E-state index in [1.54, 1.807) is 12.1 Å². The SMILES string of the molecule is COc1ccc([N+](=O)[O-])cc1NC(=O)CCS(=O)(=O)c1ccc(C)cc1. The number of nitro groups is 1. The van der Waals surface area contributed by atoms with E-state index in [1.807, 2.05) is 6.92 Å². The number of hydrogen-bond acceptors (Lipinski definition) is 6. The number of amides is 1. The van der Waals surface area contributed by atoms with Crippen molar-refractivity contribution in [3.63, 3.8) is 0 Å². The number of benzene rings is 2. The number of hydrogen-bond donors (Lipinski definition) is 1. The van der Waals surface area contributed by atoms with Gasteiger partial charge in [-0.15, -0.1) is 0 Å². The van der Waals surface area contributed by atoms with E-state index < -0.39 is 20.7 Å². The molecule has 0 aliphatic carbocycles. The van der Waals surface area contributed by atoms with Gasteiger partial charge in [0.2, 0.25) is 5.91 Å². The van der Waals surface area contributed by atoms with Crippen LogP contribution in [0.3, 0.4) is 0 Å². The summed E-state index contributed by atoms with van der Waals surface area (Å²) in [6.07, 6.45) is -0.290. The van der Waals surface area contributed by atoms with Crippen LogP contribution in [0.5, 0.6) is 5.75 Å². The van der Waals surface area contributed by atoms with Crippen LogP contribution in [0.15, 0.2) is 47.4 Å². The number of carbonyl (C=O) groups excluding carboxylic acids is 1. The van der Waals surface area contributed by atoms with Crippen molar-refractivity contribution in [3.8, 4) is 5.75 Å². The van der Waals surface area contributed by atoms with Gasteiger partial charge < -0.3 is 10.1 Å². The zero-order valence-electron chi connectivity index (χ0n) is 14.3. The van der Waals surface area contributed by atoms with Crippen LogP contribution in [0.25, 0.3) is 0 Å². The lowest BCUT2D eigenvalue weighted by atomic mass is 10.2. The van der Waals surface area contributed by atoms with Gasteiger partial charge in [-0.25, -0.2) is 8.42 Å². The first-order chi connectivity index (χ1) is 12.2. The average Bonchev–Trinajstić information content (AvgIpc) is 2.60. The van der Waals surface area contributed by atoms with Crippen molar-refractivity contribution in [2.45, 2.75) is 18.2 Å². The van der Waals surface area contributed by atoms with Gasteiger partial charge in [-0.2, -0.15) is 0 Å². The van der Waals surface area contributed by atoms with Crippen LogP contribution in [0.2, 0.25) is 0 Å². The lowest BCUT2D eigenvalue weighted by Gasteiger charge is -2.10. The topological polar surface area (TPSA) is 116 Å². The fourth-order valence-corrected chi connectivity index (χ4v) is 3.45. The highest BCUT2D eigenvalue weighted by molar-refractivity contribution is 7.91. The van der Waals surface area contributed by atoms with Gasteiger partial charge in [-0.3, -0.25) is 14.9 Å². The van der Waals surface area contributed by atoms with Gasteiger partial charge in [0.1, 0.15) is 5.75 Å². The minimum atomic E-state index is -3.60. The third-order valence-electron chi connectivity index (χ3n) is 3.65. The van der Waals surface area contributed by atoms with Crippen LogP contribution >= 0.6 is 0 Å². The molecule has 26 heavy (non-hydrogen) atoms. The van der Waals surface area contributed by atoms with E-state index in [0.29, 0.717) is 0 Å². The first kappa shape index (κ1) is 19.4. The minimum Gasteiger partial charge on any atom is -0.495 e. The Bertz CT molecular complexity index is 923. The summed E-state index contributed by atoms with van der Waals surface area (Å²) in [5.74, 6) is -0.719.